The summed E-state index contributed by atoms with van der Waals surface area (Å²) in [6.45, 7) is 6.12. The molecule has 1 unspecified atom stereocenters. The molecule has 8 nitrogen and oxygen atoms in total. The van der Waals surface area contributed by atoms with E-state index >= 15 is 0 Å². The van der Waals surface area contributed by atoms with Gasteiger partial charge in [-0.3, -0.25) is 14.4 Å². The van der Waals surface area contributed by atoms with Crippen molar-refractivity contribution < 1.29 is 14.7 Å². The maximum Gasteiger partial charge on any atom is 0.308 e. The van der Waals surface area contributed by atoms with Crippen LogP contribution in [0.15, 0.2) is 4.79 Å². The first kappa shape index (κ1) is 19.2. The van der Waals surface area contributed by atoms with Gasteiger partial charge in [0.2, 0.25) is 0 Å². The number of nitrogens with zero attached hydrogens (tertiary/aromatic N) is 4. The van der Waals surface area contributed by atoms with E-state index < -0.39 is 11.9 Å². The van der Waals surface area contributed by atoms with E-state index in [1.165, 1.54) is 16.0 Å². The lowest BCUT2D eigenvalue weighted by Gasteiger charge is -2.30. The maximum atomic E-state index is 12.9. The molecule has 144 valence electrons. The summed E-state index contributed by atoms with van der Waals surface area (Å²) in [7, 11) is 1.59. The highest BCUT2D eigenvalue weighted by Crippen LogP contribution is 2.30. The Morgan fingerprint density at radius 1 is 1.22 bits per heavy atom. The van der Waals surface area contributed by atoms with Crippen molar-refractivity contribution in [1.82, 2.24) is 19.7 Å². The average molecular weight is 390 g/mol. The zero-order valence-corrected chi connectivity index (χ0v) is 16.6. The molecule has 0 aliphatic carbocycles. The molecule has 1 atom stereocenters. The molecule has 0 bridgehead atoms. The zero-order valence-electron chi connectivity index (χ0n) is 15.8. The van der Waals surface area contributed by atoms with Crippen molar-refractivity contribution in [2.45, 2.75) is 33.6 Å². The number of carbonyl (C=O) groups excluding carboxylic acids is 1. The number of carbonyl (C=O) groups is 2. The van der Waals surface area contributed by atoms with Gasteiger partial charge in [0.25, 0.3) is 11.5 Å². The fourth-order valence-corrected chi connectivity index (χ4v) is 4.44. The van der Waals surface area contributed by atoms with Crippen molar-refractivity contribution in [3.05, 3.63) is 32.2 Å². The molecule has 3 rings (SSSR count). The molecule has 1 saturated heterocycles. The highest BCUT2D eigenvalue weighted by Gasteiger charge is 2.31. The second-order valence-corrected chi connectivity index (χ2v) is 7.88. The van der Waals surface area contributed by atoms with Gasteiger partial charge in [-0.05, 0) is 39.2 Å². The number of carboxylic acid groups (broad SMARTS) is 1. The summed E-state index contributed by atoms with van der Waals surface area (Å²) in [5.74, 6) is -1.63. The van der Waals surface area contributed by atoms with Gasteiger partial charge in [0.1, 0.15) is 9.88 Å². The van der Waals surface area contributed by atoms with Crippen molar-refractivity contribution in [3.63, 3.8) is 0 Å². The first-order chi connectivity index (χ1) is 12.7. The van der Waals surface area contributed by atoms with Gasteiger partial charge >= 0.3 is 5.97 Å². The van der Waals surface area contributed by atoms with Gasteiger partial charge < -0.3 is 10.0 Å². The van der Waals surface area contributed by atoms with Gasteiger partial charge in [0, 0.05) is 20.1 Å². The number of piperidine rings is 1. The third-order valence-electron chi connectivity index (χ3n) is 4.99. The number of aryl methyl sites for hydroxylation is 3. The molecule has 0 aromatic carbocycles. The van der Waals surface area contributed by atoms with E-state index in [1.54, 1.807) is 18.9 Å². The van der Waals surface area contributed by atoms with Gasteiger partial charge in [0.15, 0.2) is 0 Å². The topological polar surface area (TPSA) is 105 Å². The number of amides is 1. The van der Waals surface area contributed by atoms with E-state index in [4.69, 9.17) is 0 Å². The molecule has 27 heavy (non-hydrogen) atoms. The molecule has 1 fully saturated rings. The second kappa shape index (κ2) is 7.22. The number of aliphatic carboxylic acids is 1. The monoisotopic (exact) mass is 390 g/mol. The number of hydrogen-bond acceptors (Lipinski definition) is 6. The Balaban J connectivity index is 1.97. The number of likely N-dealkylation sites (tertiary alicyclic amines) is 1. The van der Waals surface area contributed by atoms with Crippen LogP contribution >= 0.6 is 11.3 Å². The molecule has 9 heteroatoms. The lowest BCUT2D eigenvalue weighted by Crippen LogP contribution is -2.42. The maximum absolute atomic E-state index is 12.9. The molecule has 0 radical (unpaired) electrons. The van der Waals surface area contributed by atoms with Crippen LogP contribution in [0.4, 0.5) is 0 Å². The normalized spacial score (nSPS) is 17.2. The lowest BCUT2D eigenvalue weighted by molar-refractivity contribution is -0.143. The standard InChI is InChI=1S/C18H22N4O4S/c1-9-10(2)20-21(4)16(23)13(9)15-19-11(3)14(27-15)17(24)22-7-5-6-12(8-22)18(25)26/h12H,5-8H2,1-4H3,(H,25,26). The van der Waals surface area contributed by atoms with Crippen LogP contribution in [0.2, 0.25) is 0 Å². The summed E-state index contributed by atoms with van der Waals surface area (Å²) < 4.78 is 1.28. The predicted octanol–water partition coefficient (Wildman–Crippen LogP) is 1.77. The van der Waals surface area contributed by atoms with E-state index in [-0.39, 0.29) is 18.0 Å². The smallest absolute Gasteiger partial charge is 0.308 e. The summed E-state index contributed by atoms with van der Waals surface area (Å²) in [6, 6.07) is 0. The summed E-state index contributed by atoms with van der Waals surface area (Å²) in [4.78, 5) is 43.3. The molecule has 2 aromatic rings. The van der Waals surface area contributed by atoms with Crippen LogP contribution in [0, 0.1) is 26.7 Å². The number of rotatable bonds is 3. The number of carboxylic acids is 1. The third-order valence-corrected chi connectivity index (χ3v) is 6.15. The molecule has 0 spiro atoms. The van der Waals surface area contributed by atoms with Gasteiger partial charge in [-0.1, -0.05) is 0 Å². The Bertz CT molecular complexity index is 978. The average Bonchev–Trinajstić information content (AvgIpc) is 3.01. The number of thiazole rings is 1. The van der Waals surface area contributed by atoms with Crippen molar-refractivity contribution in [3.8, 4) is 10.6 Å². The molecule has 1 aliphatic heterocycles. The third kappa shape index (κ3) is 3.51. The fraction of sp³-hybridized carbons (Fsp3) is 0.500. The van der Waals surface area contributed by atoms with Crippen LogP contribution in [0.25, 0.3) is 10.6 Å². The van der Waals surface area contributed by atoms with E-state index in [2.05, 4.69) is 10.1 Å². The lowest BCUT2D eigenvalue weighted by atomic mass is 9.98. The number of aromatic nitrogens is 3. The van der Waals surface area contributed by atoms with Gasteiger partial charge in [-0.25, -0.2) is 9.67 Å². The Morgan fingerprint density at radius 3 is 2.59 bits per heavy atom. The van der Waals surface area contributed by atoms with Crippen LogP contribution in [-0.4, -0.2) is 49.7 Å². The van der Waals surface area contributed by atoms with Crippen molar-refractivity contribution in [1.29, 1.82) is 0 Å². The Morgan fingerprint density at radius 2 is 1.93 bits per heavy atom. The van der Waals surface area contributed by atoms with Gasteiger partial charge in [-0.2, -0.15) is 5.10 Å². The van der Waals surface area contributed by atoms with E-state index in [0.29, 0.717) is 40.5 Å². The minimum Gasteiger partial charge on any atom is -0.481 e. The molecule has 0 saturated carbocycles. The number of hydrogen-bond donors (Lipinski definition) is 1. The minimum absolute atomic E-state index is 0.204. The first-order valence-electron chi connectivity index (χ1n) is 8.75. The Kier molecular flexibility index (Phi) is 5.14. The second-order valence-electron chi connectivity index (χ2n) is 6.88. The van der Waals surface area contributed by atoms with Gasteiger partial charge in [-0.15, -0.1) is 11.3 Å². The van der Waals surface area contributed by atoms with Crippen molar-refractivity contribution in [2.24, 2.45) is 13.0 Å². The van der Waals surface area contributed by atoms with Gasteiger partial charge in [0.05, 0.1) is 22.9 Å². The molecular weight excluding hydrogens is 368 g/mol. The van der Waals surface area contributed by atoms with Crippen molar-refractivity contribution in [2.75, 3.05) is 13.1 Å². The largest absolute Gasteiger partial charge is 0.481 e. The molecule has 1 N–H and O–H groups in total. The zero-order chi connectivity index (χ0) is 19.9. The van der Waals surface area contributed by atoms with Crippen LogP contribution in [-0.2, 0) is 11.8 Å². The molecule has 1 aliphatic rings. The highest BCUT2D eigenvalue weighted by atomic mass is 32.1. The van der Waals surface area contributed by atoms with Crippen LogP contribution in [0.5, 0.6) is 0 Å². The summed E-state index contributed by atoms with van der Waals surface area (Å²) in [5.41, 5.74) is 2.23. The van der Waals surface area contributed by atoms with Crippen LogP contribution < -0.4 is 5.56 Å². The Labute approximate surface area is 160 Å². The summed E-state index contributed by atoms with van der Waals surface area (Å²) in [6.07, 6.45) is 1.24. The van der Waals surface area contributed by atoms with E-state index in [9.17, 15) is 19.5 Å². The fourth-order valence-electron chi connectivity index (χ4n) is 3.31. The van der Waals surface area contributed by atoms with Crippen LogP contribution in [0.3, 0.4) is 0 Å². The molecule has 1 amide bonds. The molecular formula is C18H22N4O4S. The minimum atomic E-state index is -0.874. The SMILES string of the molecule is Cc1nc(-c2c(C)c(C)nn(C)c2=O)sc1C(=O)N1CCCC(C(=O)O)C1. The van der Waals surface area contributed by atoms with E-state index in [1.807, 2.05) is 13.8 Å². The molecule has 3 heterocycles. The first-order valence-corrected chi connectivity index (χ1v) is 9.56. The predicted molar refractivity (Wildman–Crippen MR) is 101 cm³/mol. The van der Waals surface area contributed by atoms with Crippen LogP contribution in [0.1, 0.15) is 39.5 Å². The summed E-state index contributed by atoms with van der Waals surface area (Å²) >= 11 is 1.18. The molecule has 2 aromatic heterocycles. The van der Waals surface area contributed by atoms with Crippen molar-refractivity contribution >= 4 is 23.2 Å². The summed E-state index contributed by atoms with van der Waals surface area (Å²) in [5, 5.41) is 13.9. The quantitative estimate of drug-likeness (QED) is 0.856. The Hall–Kier alpha value is -2.55. The van der Waals surface area contributed by atoms with E-state index in [0.717, 1.165) is 11.3 Å². The highest BCUT2D eigenvalue weighted by molar-refractivity contribution is 7.17.